The van der Waals surface area contributed by atoms with Crippen LogP contribution in [-0.2, 0) is 19.1 Å². The predicted octanol–water partition coefficient (Wildman–Crippen LogP) is 26.1. The summed E-state index contributed by atoms with van der Waals surface area (Å²) in [6.07, 6.45) is 97.9. The number of carbonyl (C=O) groups excluding carboxylic acids is 2. The van der Waals surface area contributed by atoms with Gasteiger partial charge in [0.1, 0.15) is 6.61 Å². The molecule has 0 heterocycles. The molecule has 1 N–H and O–H groups in total. The Kier molecular flexibility index (Phi) is 71.7. The first kappa shape index (κ1) is 80.1. The quantitative estimate of drug-likeness (QED) is 0.0373. The Bertz CT molecular complexity index is 1300. The van der Waals surface area contributed by atoms with Crippen LogP contribution in [0.4, 0.5) is 0 Å². The van der Waals surface area contributed by atoms with Crippen LogP contribution < -0.4 is 0 Å². The number of hydrogen-bond acceptors (Lipinski definition) is 5. The van der Waals surface area contributed by atoms with E-state index >= 15 is 0 Å². The van der Waals surface area contributed by atoms with Crippen LogP contribution in [0.25, 0.3) is 0 Å². The standard InChI is InChI=1S/C77H146O5/c1-3-5-7-9-11-13-15-17-19-21-23-25-27-29-31-32-33-34-35-36-37-38-39-40-41-42-43-44-46-48-50-52-54-56-58-60-62-64-66-68-70-72-77(80)82-75(73-78)74-81-76(79)71-69-67-65-63-61-59-57-55-53-51-49-47-45-30-28-26-24-22-20-18-16-14-12-10-8-6-4-2/h15,17,21,23,27,29,75,78H,3-14,16,18-20,22,24-26,28,30-74H2,1-2H3/b17-15-,23-21-,29-27-. The molecule has 5 heteroatoms. The SMILES string of the molecule is CCCCCCC/C=C\C/C=C\C/C=C\CCCCCCCCCCCCCCCCCCCCCCCCCCCCC(=O)OC(CO)COC(=O)CCCCCCCCCCCCCCCCCCCCCCCCCCCCC. The van der Waals surface area contributed by atoms with Gasteiger partial charge in [-0.2, -0.15) is 0 Å². The van der Waals surface area contributed by atoms with E-state index in [0.717, 1.165) is 44.9 Å². The molecular weight excluding hydrogens is 1000 g/mol. The number of unbranched alkanes of at least 4 members (excludes halogenated alkanes) is 57. The van der Waals surface area contributed by atoms with Crippen LogP contribution in [0, 0.1) is 0 Å². The zero-order valence-electron chi connectivity index (χ0n) is 55.8. The van der Waals surface area contributed by atoms with E-state index in [-0.39, 0.29) is 25.2 Å². The second-order valence-corrected chi connectivity index (χ2v) is 25.7. The fraction of sp³-hybridized carbons (Fsp3) is 0.896. The molecule has 0 fully saturated rings. The number of rotatable bonds is 71. The molecule has 0 aliphatic rings. The lowest BCUT2D eigenvalue weighted by Crippen LogP contribution is -2.28. The molecule has 1 atom stereocenters. The molecule has 0 aliphatic heterocycles. The van der Waals surface area contributed by atoms with Gasteiger partial charge in [-0.1, -0.05) is 397 Å². The van der Waals surface area contributed by atoms with Gasteiger partial charge in [-0.05, 0) is 51.4 Å². The molecule has 0 spiro atoms. The average molecular weight is 1150 g/mol. The summed E-state index contributed by atoms with van der Waals surface area (Å²) in [5, 5.41) is 9.71. The number of esters is 2. The first-order valence-electron chi connectivity index (χ1n) is 37.5. The number of allylic oxidation sites excluding steroid dienone is 6. The molecule has 0 radical (unpaired) electrons. The molecular formula is C77H146O5. The van der Waals surface area contributed by atoms with Crippen LogP contribution in [0.3, 0.4) is 0 Å². The Morgan fingerprint density at radius 1 is 0.280 bits per heavy atom. The molecule has 0 amide bonds. The van der Waals surface area contributed by atoms with E-state index in [1.165, 1.54) is 353 Å². The van der Waals surface area contributed by atoms with E-state index in [4.69, 9.17) is 9.47 Å². The molecule has 0 aromatic carbocycles. The van der Waals surface area contributed by atoms with Crippen molar-refractivity contribution in [3.05, 3.63) is 36.5 Å². The van der Waals surface area contributed by atoms with Crippen molar-refractivity contribution in [3.8, 4) is 0 Å². The van der Waals surface area contributed by atoms with Crippen LogP contribution in [0.5, 0.6) is 0 Å². The van der Waals surface area contributed by atoms with Crippen molar-refractivity contribution in [1.29, 1.82) is 0 Å². The highest BCUT2D eigenvalue weighted by Gasteiger charge is 2.16. The second-order valence-electron chi connectivity index (χ2n) is 25.7. The molecule has 82 heavy (non-hydrogen) atoms. The maximum atomic E-state index is 12.4. The van der Waals surface area contributed by atoms with Gasteiger partial charge in [0.05, 0.1) is 6.61 Å². The average Bonchev–Trinajstić information content (AvgIpc) is 3.49. The minimum absolute atomic E-state index is 0.0575. The molecule has 484 valence electrons. The minimum Gasteiger partial charge on any atom is -0.462 e. The van der Waals surface area contributed by atoms with Crippen molar-refractivity contribution < 1.29 is 24.2 Å². The molecule has 0 aromatic rings. The molecule has 0 aliphatic carbocycles. The van der Waals surface area contributed by atoms with Crippen molar-refractivity contribution in [2.75, 3.05) is 13.2 Å². The smallest absolute Gasteiger partial charge is 0.306 e. The third kappa shape index (κ3) is 70.6. The Hall–Kier alpha value is -1.88. The zero-order valence-corrected chi connectivity index (χ0v) is 55.8. The van der Waals surface area contributed by atoms with Gasteiger partial charge in [0, 0.05) is 12.8 Å². The van der Waals surface area contributed by atoms with Gasteiger partial charge in [0.25, 0.3) is 0 Å². The van der Waals surface area contributed by atoms with Crippen molar-refractivity contribution in [3.63, 3.8) is 0 Å². The van der Waals surface area contributed by atoms with Crippen LogP contribution in [0.2, 0.25) is 0 Å². The molecule has 0 saturated heterocycles. The summed E-state index contributed by atoms with van der Waals surface area (Å²) in [7, 11) is 0. The zero-order chi connectivity index (χ0) is 59.1. The summed E-state index contributed by atoms with van der Waals surface area (Å²) < 4.78 is 10.8. The maximum absolute atomic E-state index is 12.4. The fourth-order valence-corrected chi connectivity index (χ4v) is 11.8. The lowest BCUT2D eigenvalue weighted by atomic mass is 10.0. The van der Waals surface area contributed by atoms with E-state index < -0.39 is 6.10 Å². The molecule has 0 saturated carbocycles. The van der Waals surface area contributed by atoms with E-state index in [9.17, 15) is 14.7 Å². The lowest BCUT2D eigenvalue weighted by molar-refractivity contribution is -0.161. The predicted molar refractivity (Wildman–Crippen MR) is 362 cm³/mol. The topological polar surface area (TPSA) is 72.8 Å². The van der Waals surface area contributed by atoms with Crippen molar-refractivity contribution in [2.45, 2.75) is 431 Å². The summed E-state index contributed by atoms with van der Waals surface area (Å²) in [6.45, 7) is 4.20. The molecule has 5 nitrogen and oxygen atoms in total. The molecule has 0 bridgehead atoms. The molecule has 1 unspecified atom stereocenters. The monoisotopic (exact) mass is 1150 g/mol. The largest absolute Gasteiger partial charge is 0.462 e. The van der Waals surface area contributed by atoms with Gasteiger partial charge in [0.15, 0.2) is 6.10 Å². The summed E-state index contributed by atoms with van der Waals surface area (Å²) >= 11 is 0. The van der Waals surface area contributed by atoms with Gasteiger partial charge >= 0.3 is 11.9 Å². The normalized spacial score (nSPS) is 12.3. The molecule has 0 rings (SSSR count). The van der Waals surface area contributed by atoms with E-state index in [1.54, 1.807) is 0 Å². The van der Waals surface area contributed by atoms with Gasteiger partial charge < -0.3 is 14.6 Å². The maximum Gasteiger partial charge on any atom is 0.306 e. The summed E-state index contributed by atoms with van der Waals surface area (Å²) in [4.78, 5) is 24.7. The van der Waals surface area contributed by atoms with Crippen LogP contribution in [-0.4, -0.2) is 36.4 Å². The third-order valence-electron chi connectivity index (χ3n) is 17.4. The highest BCUT2D eigenvalue weighted by atomic mass is 16.6. The Morgan fingerprint density at radius 3 is 0.732 bits per heavy atom. The van der Waals surface area contributed by atoms with E-state index in [2.05, 4.69) is 50.3 Å². The number of aliphatic hydroxyl groups is 1. The van der Waals surface area contributed by atoms with Gasteiger partial charge in [-0.15, -0.1) is 0 Å². The minimum atomic E-state index is -0.768. The van der Waals surface area contributed by atoms with Crippen LogP contribution in [0.1, 0.15) is 425 Å². The van der Waals surface area contributed by atoms with Crippen molar-refractivity contribution in [2.24, 2.45) is 0 Å². The van der Waals surface area contributed by atoms with Gasteiger partial charge in [-0.25, -0.2) is 0 Å². The summed E-state index contributed by atoms with van der Waals surface area (Å²) in [5.41, 5.74) is 0. The number of hydrogen-bond donors (Lipinski definition) is 1. The van der Waals surface area contributed by atoms with Crippen molar-refractivity contribution in [1.82, 2.24) is 0 Å². The Morgan fingerprint density at radius 2 is 0.488 bits per heavy atom. The van der Waals surface area contributed by atoms with Gasteiger partial charge in [0.2, 0.25) is 0 Å². The molecule has 0 aromatic heterocycles. The summed E-state index contributed by atoms with van der Waals surface area (Å²) in [6, 6.07) is 0. The third-order valence-corrected chi connectivity index (χ3v) is 17.4. The highest BCUT2D eigenvalue weighted by Crippen LogP contribution is 2.20. The van der Waals surface area contributed by atoms with Crippen LogP contribution in [0.15, 0.2) is 36.5 Å². The Labute approximate surface area is 514 Å². The highest BCUT2D eigenvalue weighted by molar-refractivity contribution is 5.70. The fourth-order valence-electron chi connectivity index (χ4n) is 11.8. The second kappa shape index (κ2) is 73.4. The number of ether oxygens (including phenoxy) is 2. The number of aliphatic hydroxyl groups excluding tert-OH is 1. The van der Waals surface area contributed by atoms with Gasteiger partial charge in [-0.3, -0.25) is 9.59 Å². The van der Waals surface area contributed by atoms with Crippen LogP contribution >= 0.6 is 0 Å². The summed E-state index contributed by atoms with van der Waals surface area (Å²) in [5.74, 6) is -0.561. The van der Waals surface area contributed by atoms with Crippen molar-refractivity contribution >= 4 is 11.9 Å². The van der Waals surface area contributed by atoms with E-state index in [0.29, 0.717) is 12.8 Å². The number of carbonyl (C=O) groups is 2. The Balaban J connectivity index is 3.36. The first-order chi connectivity index (χ1) is 40.6. The lowest BCUT2D eigenvalue weighted by Gasteiger charge is -2.15. The first-order valence-corrected chi connectivity index (χ1v) is 37.5. The van der Waals surface area contributed by atoms with E-state index in [1.807, 2.05) is 0 Å².